The Morgan fingerprint density at radius 3 is 2.76 bits per heavy atom. The van der Waals surface area contributed by atoms with Crippen LogP contribution >= 0.6 is 11.6 Å². The van der Waals surface area contributed by atoms with Crippen LogP contribution in [0.15, 0.2) is 18.2 Å². The molecule has 1 aliphatic carbocycles. The van der Waals surface area contributed by atoms with Gasteiger partial charge in [-0.25, -0.2) is 4.39 Å². The summed E-state index contributed by atoms with van der Waals surface area (Å²) in [5, 5.41) is 3.53. The second-order valence-electron chi connectivity index (χ2n) is 4.87. The van der Waals surface area contributed by atoms with Crippen molar-refractivity contribution in [2.75, 3.05) is 7.05 Å². The van der Waals surface area contributed by atoms with E-state index in [2.05, 4.69) is 5.32 Å². The fraction of sp³-hybridized carbons (Fsp3) is 0.571. The first-order valence-electron chi connectivity index (χ1n) is 6.33. The molecule has 0 spiro atoms. The highest BCUT2D eigenvalue weighted by molar-refractivity contribution is 6.31. The van der Waals surface area contributed by atoms with E-state index >= 15 is 0 Å². The molecule has 1 N–H and O–H groups in total. The number of nitrogens with one attached hydrogen (secondary N) is 1. The van der Waals surface area contributed by atoms with Crippen LogP contribution in [-0.2, 0) is 0 Å². The number of rotatable bonds is 4. The maximum Gasteiger partial charge on any atom is 0.142 e. The molecule has 0 aliphatic heterocycles. The van der Waals surface area contributed by atoms with Gasteiger partial charge < -0.3 is 5.32 Å². The molecule has 1 aliphatic rings. The van der Waals surface area contributed by atoms with Crippen LogP contribution < -0.4 is 5.32 Å². The Kier molecular flexibility index (Phi) is 4.41. The van der Waals surface area contributed by atoms with Crippen molar-refractivity contribution in [3.63, 3.8) is 0 Å². The van der Waals surface area contributed by atoms with E-state index in [1.54, 1.807) is 6.07 Å². The molecule has 1 saturated carbocycles. The van der Waals surface area contributed by atoms with Crippen LogP contribution in [-0.4, -0.2) is 7.05 Å². The molecule has 17 heavy (non-hydrogen) atoms. The lowest BCUT2D eigenvalue weighted by Gasteiger charge is -2.21. The van der Waals surface area contributed by atoms with Gasteiger partial charge in [-0.3, -0.25) is 0 Å². The van der Waals surface area contributed by atoms with E-state index in [1.807, 2.05) is 13.1 Å². The van der Waals surface area contributed by atoms with Crippen LogP contribution in [0.4, 0.5) is 4.39 Å². The minimum Gasteiger partial charge on any atom is -0.313 e. The van der Waals surface area contributed by atoms with Gasteiger partial charge >= 0.3 is 0 Å². The Hall–Kier alpha value is -0.600. The Bertz CT molecular complexity index is 374. The van der Waals surface area contributed by atoms with Gasteiger partial charge in [0.25, 0.3) is 0 Å². The van der Waals surface area contributed by atoms with Crippen LogP contribution in [0.3, 0.4) is 0 Å². The van der Waals surface area contributed by atoms with E-state index < -0.39 is 0 Å². The third kappa shape index (κ3) is 2.99. The molecule has 1 fully saturated rings. The molecular formula is C14H19ClFN. The molecular weight excluding hydrogens is 237 g/mol. The first-order chi connectivity index (χ1) is 8.22. The average molecular weight is 256 g/mol. The van der Waals surface area contributed by atoms with Crippen molar-refractivity contribution in [1.82, 2.24) is 5.32 Å². The van der Waals surface area contributed by atoms with Crippen molar-refractivity contribution in [3.8, 4) is 0 Å². The minimum atomic E-state index is -0.323. The topological polar surface area (TPSA) is 12.0 Å². The number of halogens is 2. The highest BCUT2D eigenvalue weighted by Gasteiger charge is 2.22. The smallest absolute Gasteiger partial charge is 0.142 e. The van der Waals surface area contributed by atoms with Gasteiger partial charge in [0.05, 0.1) is 5.02 Å². The maximum atomic E-state index is 13.4. The zero-order valence-electron chi connectivity index (χ0n) is 10.2. The molecule has 0 amide bonds. The van der Waals surface area contributed by atoms with E-state index in [1.165, 1.54) is 31.7 Å². The van der Waals surface area contributed by atoms with Gasteiger partial charge in [0.1, 0.15) is 5.82 Å². The summed E-state index contributed by atoms with van der Waals surface area (Å²) in [5.41, 5.74) is 0.890. The van der Waals surface area contributed by atoms with Gasteiger partial charge in [-0.05, 0) is 31.0 Å². The predicted molar refractivity (Wildman–Crippen MR) is 69.8 cm³/mol. The van der Waals surface area contributed by atoms with Gasteiger partial charge in [0.2, 0.25) is 0 Å². The molecule has 0 saturated heterocycles. The average Bonchev–Trinajstić information content (AvgIpc) is 2.83. The molecule has 3 heteroatoms. The molecule has 0 heterocycles. The van der Waals surface area contributed by atoms with E-state index in [0.29, 0.717) is 0 Å². The Morgan fingerprint density at radius 1 is 1.41 bits per heavy atom. The first kappa shape index (κ1) is 12.8. The van der Waals surface area contributed by atoms with Crippen molar-refractivity contribution in [2.24, 2.45) is 5.92 Å². The molecule has 0 bridgehead atoms. The largest absolute Gasteiger partial charge is 0.313 e. The summed E-state index contributed by atoms with van der Waals surface area (Å²) in [4.78, 5) is 0. The van der Waals surface area contributed by atoms with Crippen molar-refractivity contribution < 1.29 is 4.39 Å². The van der Waals surface area contributed by atoms with Crippen LogP contribution in [0, 0.1) is 11.7 Å². The summed E-state index contributed by atoms with van der Waals surface area (Å²) >= 11 is 6.04. The lowest BCUT2D eigenvalue weighted by atomic mass is 9.93. The van der Waals surface area contributed by atoms with E-state index in [0.717, 1.165) is 17.9 Å². The standard InChI is InChI=1S/C14H19ClFN/c1-17-13(9-10-5-2-3-6-10)11-7-4-8-12(16)14(11)15/h4,7-8,10,13,17H,2-3,5-6,9H2,1H3. The number of hydrogen-bond donors (Lipinski definition) is 1. The molecule has 1 atom stereocenters. The van der Waals surface area contributed by atoms with Gasteiger partial charge in [0.15, 0.2) is 0 Å². The SMILES string of the molecule is CNC(CC1CCCC1)c1cccc(F)c1Cl. The highest BCUT2D eigenvalue weighted by atomic mass is 35.5. The van der Waals surface area contributed by atoms with Crippen molar-refractivity contribution in [2.45, 2.75) is 38.1 Å². The number of hydrogen-bond acceptors (Lipinski definition) is 1. The summed E-state index contributed by atoms with van der Waals surface area (Å²) in [5.74, 6) is 0.433. The minimum absolute atomic E-state index is 0.168. The molecule has 94 valence electrons. The van der Waals surface area contributed by atoms with Gasteiger partial charge in [-0.15, -0.1) is 0 Å². The second kappa shape index (κ2) is 5.83. The second-order valence-corrected chi connectivity index (χ2v) is 5.25. The Balaban J connectivity index is 2.13. The lowest BCUT2D eigenvalue weighted by molar-refractivity contribution is 0.412. The molecule has 1 nitrogen and oxygen atoms in total. The number of benzene rings is 1. The van der Waals surface area contributed by atoms with Crippen LogP contribution in [0.1, 0.15) is 43.7 Å². The fourth-order valence-electron chi connectivity index (χ4n) is 2.77. The molecule has 1 aromatic rings. The lowest BCUT2D eigenvalue weighted by Crippen LogP contribution is -2.19. The zero-order valence-corrected chi connectivity index (χ0v) is 10.9. The van der Waals surface area contributed by atoms with E-state index in [-0.39, 0.29) is 16.9 Å². The van der Waals surface area contributed by atoms with E-state index in [4.69, 9.17) is 11.6 Å². The third-order valence-corrected chi connectivity index (χ3v) is 4.15. The maximum absolute atomic E-state index is 13.4. The summed E-state index contributed by atoms with van der Waals surface area (Å²) in [6, 6.07) is 5.23. The van der Waals surface area contributed by atoms with E-state index in [9.17, 15) is 4.39 Å². The van der Waals surface area contributed by atoms with Crippen LogP contribution in [0.5, 0.6) is 0 Å². The monoisotopic (exact) mass is 255 g/mol. The van der Waals surface area contributed by atoms with Crippen molar-refractivity contribution in [1.29, 1.82) is 0 Å². The summed E-state index contributed by atoms with van der Waals surface area (Å²) < 4.78 is 13.4. The predicted octanol–water partition coefficient (Wildman–Crippen LogP) is 4.32. The van der Waals surface area contributed by atoms with Crippen LogP contribution in [0.25, 0.3) is 0 Å². The molecule has 2 rings (SSSR count). The van der Waals surface area contributed by atoms with Gasteiger partial charge in [-0.2, -0.15) is 0 Å². The highest BCUT2D eigenvalue weighted by Crippen LogP contribution is 2.35. The third-order valence-electron chi connectivity index (χ3n) is 3.75. The fourth-order valence-corrected chi connectivity index (χ4v) is 3.03. The van der Waals surface area contributed by atoms with Crippen LogP contribution in [0.2, 0.25) is 5.02 Å². The molecule has 1 unspecified atom stereocenters. The Labute approximate surface area is 107 Å². The van der Waals surface area contributed by atoms with Gasteiger partial charge in [0, 0.05) is 6.04 Å². The quantitative estimate of drug-likeness (QED) is 0.845. The zero-order chi connectivity index (χ0) is 12.3. The Morgan fingerprint density at radius 2 is 2.12 bits per heavy atom. The van der Waals surface area contributed by atoms with Gasteiger partial charge in [-0.1, -0.05) is 49.4 Å². The molecule has 0 radical (unpaired) electrons. The summed E-state index contributed by atoms with van der Waals surface area (Å²) in [6.45, 7) is 0. The normalized spacial score (nSPS) is 18.5. The van der Waals surface area contributed by atoms with Crippen molar-refractivity contribution in [3.05, 3.63) is 34.6 Å². The molecule has 1 aromatic carbocycles. The first-order valence-corrected chi connectivity index (χ1v) is 6.71. The summed E-state index contributed by atoms with van der Waals surface area (Å²) in [6.07, 6.45) is 6.31. The molecule has 0 aromatic heterocycles. The van der Waals surface area contributed by atoms with Crippen molar-refractivity contribution >= 4 is 11.6 Å². The summed E-state index contributed by atoms with van der Waals surface area (Å²) in [7, 11) is 1.92.